The average molecular weight is 452 g/mol. The topological polar surface area (TPSA) is 109 Å². The molecule has 9 heteroatoms. The third kappa shape index (κ3) is 4.94. The van der Waals surface area contributed by atoms with Crippen LogP contribution in [0.1, 0.15) is 28.8 Å². The highest BCUT2D eigenvalue weighted by Gasteiger charge is 2.35. The average Bonchev–Trinajstić information content (AvgIpc) is 3.48. The van der Waals surface area contributed by atoms with E-state index < -0.39 is 18.1 Å². The zero-order valence-corrected chi connectivity index (χ0v) is 17.9. The summed E-state index contributed by atoms with van der Waals surface area (Å²) in [6.45, 7) is 0.617. The lowest BCUT2D eigenvalue weighted by Gasteiger charge is -2.22. The maximum atomic E-state index is 12.8. The molecule has 2 aromatic carbocycles. The molecule has 4 rings (SSSR count). The minimum Gasteiger partial charge on any atom is -0.478 e. The fourth-order valence-electron chi connectivity index (χ4n) is 3.50. The monoisotopic (exact) mass is 451 g/mol. The van der Waals surface area contributed by atoms with Crippen LogP contribution in [-0.2, 0) is 16.1 Å². The molecule has 2 amide bonds. The molecule has 0 spiro atoms. The number of benzene rings is 2. The van der Waals surface area contributed by atoms with Gasteiger partial charge in [-0.15, -0.1) is 11.3 Å². The van der Waals surface area contributed by atoms with Gasteiger partial charge in [-0.2, -0.15) is 0 Å². The number of hydrogen-bond donors (Lipinski definition) is 2. The SMILES string of the molecule is O=C(O)c1ccc(-c2csc(NC(=O)C3CCCN3C(=O)OCc3ccccc3)n2)cc1. The molecule has 0 aliphatic carbocycles. The highest BCUT2D eigenvalue weighted by atomic mass is 32.1. The van der Waals surface area contributed by atoms with E-state index in [9.17, 15) is 14.4 Å². The number of rotatable bonds is 6. The second kappa shape index (κ2) is 9.61. The summed E-state index contributed by atoms with van der Waals surface area (Å²) in [6, 6.07) is 15.1. The van der Waals surface area contributed by atoms with Gasteiger partial charge in [0.05, 0.1) is 11.3 Å². The molecule has 1 aromatic heterocycles. The summed E-state index contributed by atoms with van der Waals surface area (Å²) in [5.74, 6) is -1.30. The van der Waals surface area contributed by atoms with E-state index in [0.717, 1.165) is 17.5 Å². The number of aromatic nitrogens is 1. The lowest BCUT2D eigenvalue weighted by molar-refractivity contribution is -0.120. The van der Waals surface area contributed by atoms with E-state index in [2.05, 4.69) is 10.3 Å². The van der Waals surface area contributed by atoms with Crippen molar-refractivity contribution in [3.05, 3.63) is 71.1 Å². The van der Waals surface area contributed by atoms with Gasteiger partial charge in [-0.25, -0.2) is 14.6 Å². The Morgan fingerprint density at radius 3 is 2.59 bits per heavy atom. The lowest BCUT2D eigenvalue weighted by Crippen LogP contribution is -2.43. The lowest BCUT2D eigenvalue weighted by atomic mass is 10.1. The third-order valence-corrected chi connectivity index (χ3v) is 5.91. The highest BCUT2D eigenvalue weighted by molar-refractivity contribution is 7.14. The zero-order valence-electron chi connectivity index (χ0n) is 17.1. The summed E-state index contributed by atoms with van der Waals surface area (Å²) < 4.78 is 5.38. The first-order valence-corrected chi connectivity index (χ1v) is 11.0. The number of nitrogens with one attached hydrogen (secondary N) is 1. The zero-order chi connectivity index (χ0) is 22.5. The van der Waals surface area contributed by atoms with Crippen LogP contribution in [0.25, 0.3) is 11.3 Å². The predicted molar refractivity (Wildman–Crippen MR) is 119 cm³/mol. The normalized spacial score (nSPS) is 15.4. The molecular weight excluding hydrogens is 430 g/mol. The number of aromatic carboxylic acids is 1. The Balaban J connectivity index is 1.36. The maximum Gasteiger partial charge on any atom is 0.410 e. The van der Waals surface area contributed by atoms with Crippen molar-refractivity contribution in [1.82, 2.24) is 9.88 Å². The molecule has 0 saturated carbocycles. The minimum absolute atomic E-state index is 0.154. The quantitative estimate of drug-likeness (QED) is 0.580. The summed E-state index contributed by atoms with van der Waals surface area (Å²) in [5.41, 5.74) is 2.46. The van der Waals surface area contributed by atoms with Crippen LogP contribution in [0.5, 0.6) is 0 Å². The molecule has 1 unspecified atom stereocenters. The number of amides is 2. The fraction of sp³-hybridized carbons (Fsp3) is 0.217. The van der Waals surface area contributed by atoms with Gasteiger partial charge in [0.15, 0.2) is 5.13 Å². The molecule has 1 aliphatic heterocycles. The van der Waals surface area contributed by atoms with Crippen LogP contribution in [0, 0.1) is 0 Å². The van der Waals surface area contributed by atoms with Crippen molar-refractivity contribution in [3.8, 4) is 11.3 Å². The van der Waals surface area contributed by atoms with Crippen molar-refractivity contribution in [1.29, 1.82) is 0 Å². The molecule has 0 radical (unpaired) electrons. The number of ether oxygens (including phenoxy) is 1. The van der Waals surface area contributed by atoms with Crippen molar-refractivity contribution in [3.63, 3.8) is 0 Å². The van der Waals surface area contributed by atoms with E-state index in [4.69, 9.17) is 9.84 Å². The summed E-state index contributed by atoms with van der Waals surface area (Å²) in [4.78, 5) is 42.2. The summed E-state index contributed by atoms with van der Waals surface area (Å²) >= 11 is 1.27. The van der Waals surface area contributed by atoms with Crippen LogP contribution in [0.15, 0.2) is 60.0 Å². The van der Waals surface area contributed by atoms with Gasteiger partial charge in [0.1, 0.15) is 12.6 Å². The van der Waals surface area contributed by atoms with Crippen molar-refractivity contribution in [2.24, 2.45) is 0 Å². The Bertz CT molecular complexity index is 1110. The van der Waals surface area contributed by atoms with Gasteiger partial charge in [0.2, 0.25) is 5.91 Å². The van der Waals surface area contributed by atoms with Crippen LogP contribution in [0.4, 0.5) is 9.93 Å². The van der Waals surface area contributed by atoms with Gasteiger partial charge in [0.25, 0.3) is 0 Å². The van der Waals surface area contributed by atoms with Gasteiger partial charge < -0.3 is 15.2 Å². The number of nitrogens with zero attached hydrogens (tertiary/aromatic N) is 2. The Morgan fingerprint density at radius 1 is 1.12 bits per heavy atom. The first kappa shape index (κ1) is 21.5. The van der Waals surface area contributed by atoms with Crippen LogP contribution in [0.2, 0.25) is 0 Å². The number of carboxylic acid groups (broad SMARTS) is 1. The number of anilines is 1. The number of likely N-dealkylation sites (tertiary alicyclic amines) is 1. The first-order chi connectivity index (χ1) is 15.5. The molecule has 2 heterocycles. The molecule has 164 valence electrons. The summed E-state index contributed by atoms with van der Waals surface area (Å²) in [7, 11) is 0. The second-order valence-corrected chi connectivity index (χ2v) is 8.16. The molecule has 2 N–H and O–H groups in total. The minimum atomic E-state index is -0.994. The Morgan fingerprint density at radius 2 is 1.88 bits per heavy atom. The Labute approximate surface area is 188 Å². The van der Waals surface area contributed by atoms with Crippen LogP contribution in [-0.4, -0.2) is 45.5 Å². The van der Waals surface area contributed by atoms with Crippen molar-refractivity contribution in [2.45, 2.75) is 25.5 Å². The largest absolute Gasteiger partial charge is 0.478 e. The molecule has 1 atom stereocenters. The van der Waals surface area contributed by atoms with Crippen LogP contribution < -0.4 is 5.32 Å². The summed E-state index contributed by atoms with van der Waals surface area (Å²) in [5, 5.41) is 14.0. The van der Waals surface area contributed by atoms with Crippen molar-refractivity contribution in [2.75, 3.05) is 11.9 Å². The maximum absolute atomic E-state index is 12.8. The third-order valence-electron chi connectivity index (χ3n) is 5.16. The molecular formula is C23H21N3O5S. The molecule has 1 saturated heterocycles. The van der Waals surface area contributed by atoms with Gasteiger partial charge in [-0.05, 0) is 30.5 Å². The predicted octanol–water partition coefficient (Wildman–Crippen LogP) is 4.25. The molecule has 8 nitrogen and oxygen atoms in total. The van der Waals surface area contributed by atoms with E-state index >= 15 is 0 Å². The molecule has 0 bridgehead atoms. The highest BCUT2D eigenvalue weighted by Crippen LogP contribution is 2.27. The molecule has 1 fully saturated rings. The van der Waals surface area contributed by atoms with Gasteiger partial charge in [0, 0.05) is 17.5 Å². The first-order valence-electron chi connectivity index (χ1n) is 10.1. The van der Waals surface area contributed by atoms with Gasteiger partial charge in [-0.1, -0.05) is 42.5 Å². The number of carbonyl (C=O) groups is 3. The van der Waals surface area contributed by atoms with E-state index in [-0.39, 0.29) is 18.1 Å². The van der Waals surface area contributed by atoms with Crippen LogP contribution in [0.3, 0.4) is 0 Å². The summed E-state index contributed by atoms with van der Waals surface area (Å²) in [6.07, 6.45) is 0.767. The number of carbonyl (C=O) groups excluding carboxylic acids is 2. The number of carboxylic acids is 1. The number of thiazole rings is 1. The number of hydrogen-bond acceptors (Lipinski definition) is 6. The smallest absolute Gasteiger partial charge is 0.410 e. The van der Waals surface area contributed by atoms with Crippen LogP contribution >= 0.6 is 11.3 Å². The molecule has 1 aliphatic rings. The Kier molecular flexibility index (Phi) is 6.46. The van der Waals surface area contributed by atoms with E-state index in [1.165, 1.54) is 28.4 Å². The van der Waals surface area contributed by atoms with Gasteiger partial charge in [-0.3, -0.25) is 9.69 Å². The fourth-order valence-corrected chi connectivity index (χ4v) is 4.22. The van der Waals surface area contributed by atoms with E-state index in [1.807, 2.05) is 30.3 Å². The second-order valence-electron chi connectivity index (χ2n) is 7.30. The molecule has 32 heavy (non-hydrogen) atoms. The van der Waals surface area contributed by atoms with Gasteiger partial charge >= 0.3 is 12.1 Å². The molecule has 3 aromatic rings. The van der Waals surface area contributed by atoms with E-state index in [1.54, 1.807) is 17.5 Å². The van der Waals surface area contributed by atoms with Crippen molar-refractivity contribution >= 4 is 34.4 Å². The Hall–Kier alpha value is -3.72. The van der Waals surface area contributed by atoms with Crippen molar-refractivity contribution < 1.29 is 24.2 Å². The standard InChI is InChI=1S/C23H21N3O5S/c27-20(19-7-4-12-26(19)23(30)31-13-15-5-2-1-3-6-15)25-22-24-18(14-32-22)16-8-10-17(11-9-16)21(28)29/h1-3,5-6,8-11,14,19H,4,7,12-13H2,(H,28,29)(H,24,25,27). The van der Waals surface area contributed by atoms with E-state index in [0.29, 0.717) is 23.8 Å².